The lowest BCUT2D eigenvalue weighted by molar-refractivity contribution is 0.627. The minimum atomic E-state index is -2.19. The van der Waals surface area contributed by atoms with E-state index < -0.39 is 10.3 Å². The van der Waals surface area contributed by atoms with E-state index in [0.717, 1.165) is 19.3 Å². The van der Waals surface area contributed by atoms with Crippen LogP contribution < -0.4 is 0 Å². The topological polar surface area (TPSA) is 58.9 Å². The minimum absolute atomic E-state index is 0.246. The number of rotatable bonds is 4. The molecule has 1 rings (SSSR count). The van der Waals surface area contributed by atoms with E-state index >= 15 is 0 Å². The summed E-state index contributed by atoms with van der Waals surface area (Å²) in [5.74, 6) is 0. The van der Waals surface area contributed by atoms with Gasteiger partial charge in [0, 0.05) is 0 Å². The second-order valence-electron chi connectivity index (χ2n) is 2.85. The van der Waals surface area contributed by atoms with Crippen LogP contribution in [0.1, 0.15) is 32.6 Å². The van der Waals surface area contributed by atoms with Gasteiger partial charge in [0.25, 0.3) is 0 Å². The SMILES string of the molecule is CCCCCC1=NN=CC1=S(=O)=O. The zero-order valence-electron chi connectivity index (χ0n) is 7.52. The first-order chi connectivity index (χ1) is 6.25. The van der Waals surface area contributed by atoms with Crippen LogP contribution in [0.5, 0.6) is 0 Å². The van der Waals surface area contributed by atoms with E-state index in [1.807, 2.05) is 0 Å². The molecule has 5 heteroatoms. The van der Waals surface area contributed by atoms with Gasteiger partial charge in [-0.2, -0.15) is 18.6 Å². The maximum Gasteiger partial charge on any atom is 0.225 e. The molecule has 0 spiro atoms. The molecule has 0 unspecified atom stereocenters. The van der Waals surface area contributed by atoms with Gasteiger partial charge >= 0.3 is 0 Å². The van der Waals surface area contributed by atoms with Crippen molar-refractivity contribution in [3.05, 3.63) is 0 Å². The Morgan fingerprint density at radius 2 is 2.15 bits per heavy atom. The molecule has 4 nitrogen and oxygen atoms in total. The van der Waals surface area contributed by atoms with Crippen molar-refractivity contribution in [2.24, 2.45) is 10.2 Å². The third-order valence-corrected chi connectivity index (χ3v) is 2.53. The van der Waals surface area contributed by atoms with E-state index in [-0.39, 0.29) is 4.86 Å². The first-order valence-electron chi connectivity index (χ1n) is 4.32. The molecule has 0 saturated carbocycles. The van der Waals surface area contributed by atoms with Crippen molar-refractivity contribution in [2.75, 3.05) is 0 Å². The number of nitrogens with zero attached hydrogens (tertiary/aromatic N) is 2. The molecule has 0 bridgehead atoms. The largest absolute Gasteiger partial charge is 0.225 e. The Balaban J connectivity index is 2.59. The van der Waals surface area contributed by atoms with Crippen LogP contribution in [0, 0.1) is 0 Å². The highest BCUT2D eigenvalue weighted by molar-refractivity contribution is 7.76. The van der Waals surface area contributed by atoms with Gasteiger partial charge in [0.2, 0.25) is 10.3 Å². The summed E-state index contributed by atoms with van der Waals surface area (Å²) in [6, 6.07) is 0. The van der Waals surface area contributed by atoms with Crippen LogP contribution in [0.2, 0.25) is 0 Å². The number of hydrogen-bond donors (Lipinski definition) is 0. The van der Waals surface area contributed by atoms with Crippen LogP contribution in [-0.2, 0) is 10.3 Å². The molecule has 0 saturated heterocycles. The summed E-state index contributed by atoms with van der Waals surface area (Å²) in [6.07, 6.45) is 5.18. The second kappa shape index (κ2) is 4.91. The van der Waals surface area contributed by atoms with Gasteiger partial charge < -0.3 is 0 Å². The van der Waals surface area contributed by atoms with E-state index in [4.69, 9.17) is 0 Å². The number of unbranched alkanes of at least 4 members (excludes halogenated alkanes) is 2. The van der Waals surface area contributed by atoms with Crippen LogP contribution in [0.25, 0.3) is 0 Å². The Kier molecular flexibility index (Phi) is 3.82. The molecule has 0 N–H and O–H groups in total. The molecule has 0 aliphatic carbocycles. The Hall–Kier alpha value is -0.970. The van der Waals surface area contributed by atoms with E-state index in [2.05, 4.69) is 17.1 Å². The Morgan fingerprint density at radius 1 is 1.38 bits per heavy atom. The first kappa shape index (κ1) is 10.1. The predicted molar refractivity (Wildman–Crippen MR) is 54.0 cm³/mol. The molecule has 1 aliphatic rings. The molecule has 0 aromatic heterocycles. The quantitative estimate of drug-likeness (QED) is 0.503. The normalized spacial score (nSPS) is 14.8. The lowest BCUT2D eigenvalue weighted by Gasteiger charge is -1.96. The highest BCUT2D eigenvalue weighted by Crippen LogP contribution is 2.04. The summed E-state index contributed by atoms with van der Waals surface area (Å²) in [7, 11) is -2.19. The number of hydrogen-bond acceptors (Lipinski definition) is 4. The third kappa shape index (κ3) is 2.77. The fraction of sp³-hybridized carbons (Fsp3) is 0.625. The molecule has 1 heterocycles. The van der Waals surface area contributed by atoms with Crippen molar-refractivity contribution in [3.8, 4) is 0 Å². The monoisotopic (exact) mass is 200 g/mol. The van der Waals surface area contributed by atoms with Gasteiger partial charge in [0.05, 0.1) is 11.9 Å². The maximum absolute atomic E-state index is 10.6. The highest BCUT2D eigenvalue weighted by Gasteiger charge is 2.12. The van der Waals surface area contributed by atoms with Crippen LogP contribution in [0.15, 0.2) is 10.2 Å². The lowest BCUT2D eigenvalue weighted by atomic mass is 10.1. The zero-order chi connectivity index (χ0) is 9.68. The van der Waals surface area contributed by atoms with E-state index in [9.17, 15) is 8.42 Å². The molecule has 0 atom stereocenters. The predicted octanol–water partition coefficient (Wildman–Crippen LogP) is 1.06. The summed E-state index contributed by atoms with van der Waals surface area (Å²) in [6.45, 7) is 2.10. The Bertz CT molecular complexity index is 358. The van der Waals surface area contributed by atoms with Gasteiger partial charge in [-0.3, -0.25) is 0 Å². The van der Waals surface area contributed by atoms with Gasteiger partial charge in [-0.25, -0.2) is 0 Å². The molecular formula is C8H12N2O2S. The van der Waals surface area contributed by atoms with Crippen molar-refractivity contribution in [1.82, 2.24) is 0 Å². The first-order valence-corrected chi connectivity index (χ1v) is 5.39. The molecular weight excluding hydrogens is 188 g/mol. The van der Waals surface area contributed by atoms with Crippen LogP contribution in [-0.4, -0.2) is 25.2 Å². The summed E-state index contributed by atoms with van der Waals surface area (Å²) in [5.41, 5.74) is 0.599. The van der Waals surface area contributed by atoms with Crippen LogP contribution in [0.3, 0.4) is 0 Å². The van der Waals surface area contributed by atoms with E-state index in [1.54, 1.807) is 0 Å². The standard InChI is InChI=1S/C8H12N2O2S/c1-2-3-4-5-7-8(13(11)12)6-9-10-7/h6H,2-5H2,1H3. The summed E-state index contributed by atoms with van der Waals surface area (Å²) in [4.78, 5) is 0.246. The van der Waals surface area contributed by atoms with Crippen molar-refractivity contribution < 1.29 is 8.42 Å². The summed E-state index contributed by atoms with van der Waals surface area (Å²) < 4.78 is 21.3. The molecule has 0 aromatic carbocycles. The van der Waals surface area contributed by atoms with E-state index in [1.165, 1.54) is 6.21 Å². The smallest absolute Gasteiger partial charge is 0.184 e. The molecule has 0 aromatic rings. The lowest BCUT2D eigenvalue weighted by Crippen LogP contribution is -2.12. The molecule has 0 amide bonds. The minimum Gasteiger partial charge on any atom is -0.184 e. The van der Waals surface area contributed by atoms with Crippen molar-refractivity contribution in [3.63, 3.8) is 0 Å². The molecule has 0 radical (unpaired) electrons. The average molecular weight is 200 g/mol. The Morgan fingerprint density at radius 3 is 2.77 bits per heavy atom. The van der Waals surface area contributed by atoms with E-state index in [0.29, 0.717) is 12.1 Å². The molecule has 0 fully saturated rings. The van der Waals surface area contributed by atoms with Gasteiger partial charge in [0.1, 0.15) is 4.86 Å². The fourth-order valence-electron chi connectivity index (χ4n) is 1.13. The highest BCUT2D eigenvalue weighted by atomic mass is 32.2. The maximum atomic E-state index is 10.6. The van der Waals surface area contributed by atoms with Crippen LogP contribution >= 0.6 is 0 Å². The molecule has 13 heavy (non-hydrogen) atoms. The second-order valence-corrected chi connectivity index (χ2v) is 3.76. The molecule has 1 aliphatic heterocycles. The molecule has 72 valence electrons. The third-order valence-electron chi connectivity index (χ3n) is 1.83. The van der Waals surface area contributed by atoms with Crippen molar-refractivity contribution in [1.29, 1.82) is 0 Å². The average Bonchev–Trinajstić information content (AvgIpc) is 2.53. The summed E-state index contributed by atoms with van der Waals surface area (Å²) in [5, 5.41) is 7.35. The van der Waals surface area contributed by atoms with Crippen molar-refractivity contribution >= 4 is 27.1 Å². The Labute approximate surface area is 78.9 Å². The van der Waals surface area contributed by atoms with Gasteiger partial charge in [0.15, 0.2) is 0 Å². The van der Waals surface area contributed by atoms with Gasteiger partial charge in [-0.05, 0) is 12.8 Å². The zero-order valence-corrected chi connectivity index (χ0v) is 8.34. The fourth-order valence-corrected chi connectivity index (χ4v) is 1.60. The van der Waals surface area contributed by atoms with Crippen molar-refractivity contribution in [2.45, 2.75) is 32.6 Å². The van der Waals surface area contributed by atoms with Gasteiger partial charge in [-0.15, -0.1) is 0 Å². The summed E-state index contributed by atoms with van der Waals surface area (Å²) >= 11 is 0. The van der Waals surface area contributed by atoms with Crippen LogP contribution in [0.4, 0.5) is 0 Å². The van der Waals surface area contributed by atoms with Gasteiger partial charge in [-0.1, -0.05) is 19.8 Å².